The summed E-state index contributed by atoms with van der Waals surface area (Å²) in [4.78, 5) is 6.89. The van der Waals surface area contributed by atoms with Crippen LogP contribution in [0.3, 0.4) is 0 Å². The highest BCUT2D eigenvalue weighted by molar-refractivity contribution is 5.41. The first-order chi connectivity index (χ1) is 9.13. The van der Waals surface area contributed by atoms with Gasteiger partial charge in [-0.1, -0.05) is 19.9 Å². The monoisotopic (exact) mass is 265 g/mol. The minimum Gasteiger partial charge on any atom is -0.383 e. The third-order valence-corrected chi connectivity index (χ3v) is 3.51. The van der Waals surface area contributed by atoms with Gasteiger partial charge in [0.25, 0.3) is 0 Å². The zero-order chi connectivity index (χ0) is 14.3. The summed E-state index contributed by atoms with van der Waals surface area (Å²) >= 11 is 0. The molecule has 0 saturated carbocycles. The molecule has 108 valence electrons. The summed E-state index contributed by atoms with van der Waals surface area (Å²) in [7, 11) is 1.73. The highest BCUT2D eigenvalue weighted by atomic mass is 16.5. The van der Waals surface area contributed by atoms with Crippen LogP contribution in [0.4, 0.5) is 5.82 Å². The quantitative estimate of drug-likeness (QED) is 0.785. The number of hydrogen-bond acceptors (Lipinski definition) is 4. The molecule has 0 spiro atoms. The number of ether oxygens (including phenoxy) is 1. The van der Waals surface area contributed by atoms with E-state index < -0.39 is 0 Å². The Labute approximate surface area is 117 Å². The lowest BCUT2D eigenvalue weighted by molar-refractivity contribution is 0.202. The molecule has 1 heterocycles. The molecule has 0 aliphatic carbocycles. The number of anilines is 1. The molecule has 0 fully saturated rings. The molecular formula is C15H27N3O. The minimum atomic E-state index is 0.0297. The topological polar surface area (TPSA) is 51.4 Å². The van der Waals surface area contributed by atoms with Crippen LogP contribution < -0.4 is 10.6 Å². The molecule has 0 bridgehead atoms. The zero-order valence-electron chi connectivity index (χ0n) is 12.6. The van der Waals surface area contributed by atoms with Gasteiger partial charge in [0.15, 0.2) is 0 Å². The molecule has 2 N–H and O–H groups in total. The molecule has 0 unspecified atom stereocenters. The third kappa shape index (κ3) is 4.48. The van der Waals surface area contributed by atoms with E-state index in [4.69, 9.17) is 10.5 Å². The lowest BCUT2D eigenvalue weighted by Crippen LogP contribution is -2.37. The number of pyridine rings is 1. The van der Waals surface area contributed by atoms with Crippen molar-refractivity contribution in [1.29, 1.82) is 0 Å². The summed E-state index contributed by atoms with van der Waals surface area (Å²) < 4.78 is 5.21. The second kappa shape index (κ2) is 8.12. The Morgan fingerprint density at radius 1 is 1.32 bits per heavy atom. The molecule has 19 heavy (non-hydrogen) atoms. The van der Waals surface area contributed by atoms with Crippen LogP contribution in [0, 0.1) is 0 Å². The van der Waals surface area contributed by atoms with E-state index in [1.165, 1.54) is 0 Å². The van der Waals surface area contributed by atoms with E-state index in [1.807, 2.05) is 13.1 Å². The van der Waals surface area contributed by atoms with E-state index in [1.54, 1.807) is 7.11 Å². The smallest absolute Gasteiger partial charge is 0.128 e. The van der Waals surface area contributed by atoms with Crippen LogP contribution in [-0.2, 0) is 4.74 Å². The van der Waals surface area contributed by atoms with E-state index >= 15 is 0 Å². The Morgan fingerprint density at radius 3 is 2.42 bits per heavy atom. The van der Waals surface area contributed by atoms with Gasteiger partial charge in [0, 0.05) is 31.9 Å². The highest BCUT2D eigenvalue weighted by Crippen LogP contribution is 2.19. The number of nitrogens with two attached hydrogens (primary N) is 1. The molecule has 1 atom stereocenters. The number of nitrogens with zero attached hydrogens (tertiary/aromatic N) is 2. The maximum Gasteiger partial charge on any atom is 0.128 e. The van der Waals surface area contributed by atoms with Gasteiger partial charge in [-0.25, -0.2) is 4.98 Å². The molecule has 4 nitrogen and oxygen atoms in total. The van der Waals surface area contributed by atoms with Crippen LogP contribution in [0.5, 0.6) is 0 Å². The maximum absolute atomic E-state index is 5.86. The number of methoxy groups -OCH3 is 1. The minimum absolute atomic E-state index is 0.0297. The average Bonchev–Trinajstić information content (AvgIpc) is 2.43. The molecule has 4 heteroatoms. The van der Waals surface area contributed by atoms with Gasteiger partial charge in [0.05, 0.1) is 6.61 Å². The summed E-state index contributed by atoms with van der Waals surface area (Å²) in [6, 6.07) is 4.66. The van der Waals surface area contributed by atoms with Crippen LogP contribution in [0.15, 0.2) is 18.3 Å². The second-order valence-corrected chi connectivity index (χ2v) is 4.89. The fourth-order valence-corrected chi connectivity index (χ4v) is 2.24. The van der Waals surface area contributed by atoms with Crippen LogP contribution in [0.25, 0.3) is 0 Å². The van der Waals surface area contributed by atoms with Crippen molar-refractivity contribution in [1.82, 2.24) is 4.98 Å². The van der Waals surface area contributed by atoms with E-state index in [0.29, 0.717) is 12.6 Å². The van der Waals surface area contributed by atoms with Crippen molar-refractivity contribution in [3.63, 3.8) is 0 Å². The summed E-state index contributed by atoms with van der Waals surface area (Å²) in [6.07, 6.45) is 4.09. The molecule has 0 saturated heterocycles. The van der Waals surface area contributed by atoms with Crippen LogP contribution in [0.1, 0.15) is 45.2 Å². The zero-order valence-corrected chi connectivity index (χ0v) is 12.6. The standard InChI is InChI=1S/C15H27N3O/c1-5-14(6-2)18(9-10-19-4)15-8-7-13(11-17-15)12(3)16/h7-8,11-12,14H,5-6,9-10,16H2,1-4H3/t12-/m0/s1. The van der Waals surface area contributed by atoms with Crippen molar-refractivity contribution >= 4 is 5.82 Å². The Morgan fingerprint density at radius 2 is 2.00 bits per heavy atom. The summed E-state index contributed by atoms with van der Waals surface area (Å²) in [5.74, 6) is 1.01. The molecule has 1 rings (SSSR count). The van der Waals surface area contributed by atoms with Gasteiger partial charge < -0.3 is 15.4 Å². The van der Waals surface area contributed by atoms with E-state index in [0.717, 1.165) is 30.8 Å². The Balaban J connectivity index is 2.89. The third-order valence-electron chi connectivity index (χ3n) is 3.51. The van der Waals surface area contributed by atoms with E-state index in [-0.39, 0.29) is 6.04 Å². The SMILES string of the molecule is CCC(CC)N(CCOC)c1ccc([C@H](C)N)cn1. The summed E-state index contributed by atoms with van der Waals surface area (Å²) in [6.45, 7) is 7.98. The van der Waals surface area contributed by atoms with Gasteiger partial charge in [-0.15, -0.1) is 0 Å². The molecular weight excluding hydrogens is 238 g/mol. The Bertz CT molecular complexity index is 347. The first-order valence-corrected chi connectivity index (χ1v) is 7.11. The predicted molar refractivity (Wildman–Crippen MR) is 80.4 cm³/mol. The Hall–Kier alpha value is -1.13. The van der Waals surface area contributed by atoms with Gasteiger partial charge in [-0.05, 0) is 31.4 Å². The number of hydrogen-bond donors (Lipinski definition) is 1. The fraction of sp³-hybridized carbons (Fsp3) is 0.667. The molecule has 1 aromatic rings. The second-order valence-electron chi connectivity index (χ2n) is 4.89. The maximum atomic E-state index is 5.86. The largest absolute Gasteiger partial charge is 0.383 e. The summed E-state index contributed by atoms with van der Waals surface area (Å²) in [5.41, 5.74) is 6.93. The number of aromatic nitrogens is 1. The van der Waals surface area contributed by atoms with E-state index in [9.17, 15) is 0 Å². The first kappa shape index (κ1) is 15.9. The molecule has 0 radical (unpaired) electrons. The Kier molecular flexibility index (Phi) is 6.81. The van der Waals surface area contributed by atoms with Crippen molar-refractivity contribution in [2.75, 3.05) is 25.2 Å². The van der Waals surface area contributed by atoms with Gasteiger partial charge >= 0.3 is 0 Å². The fourth-order valence-electron chi connectivity index (χ4n) is 2.24. The van der Waals surface area contributed by atoms with Gasteiger partial charge in [0.1, 0.15) is 5.82 Å². The molecule has 0 aliphatic heterocycles. The van der Waals surface area contributed by atoms with Crippen LogP contribution >= 0.6 is 0 Å². The van der Waals surface area contributed by atoms with E-state index in [2.05, 4.69) is 35.9 Å². The average molecular weight is 265 g/mol. The van der Waals surface area contributed by atoms with Gasteiger partial charge in [0.2, 0.25) is 0 Å². The van der Waals surface area contributed by atoms with Crippen molar-refractivity contribution in [2.45, 2.75) is 45.7 Å². The van der Waals surface area contributed by atoms with Gasteiger partial charge in [-0.3, -0.25) is 0 Å². The van der Waals surface area contributed by atoms with Crippen molar-refractivity contribution in [3.8, 4) is 0 Å². The predicted octanol–water partition coefficient (Wildman–Crippen LogP) is 2.74. The number of rotatable bonds is 8. The molecule has 0 aliphatic rings. The van der Waals surface area contributed by atoms with Crippen molar-refractivity contribution in [3.05, 3.63) is 23.9 Å². The molecule has 0 aromatic carbocycles. The van der Waals surface area contributed by atoms with Crippen LogP contribution in [-0.4, -0.2) is 31.3 Å². The van der Waals surface area contributed by atoms with Crippen molar-refractivity contribution < 1.29 is 4.74 Å². The van der Waals surface area contributed by atoms with Crippen molar-refractivity contribution in [2.24, 2.45) is 5.73 Å². The lowest BCUT2D eigenvalue weighted by atomic mass is 10.1. The normalized spacial score (nSPS) is 12.7. The molecule has 1 aromatic heterocycles. The molecule has 0 amide bonds. The lowest BCUT2D eigenvalue weighted by Gasteiger charge is -2.31. The highest BCUT2D eigenvalue weighted by Gasteiger charge is 2.16. The van der Waals surface area contributed by atoms with Gasteiger partial charge in [-0.2, -0.15) is 0 Å². The first-order valence-electron chi connectivity index (χ1n) is 7.11. The summed E-state index contributed by atoms with van der Waals surface area (Å²) in [5, 5.41) is 0. The van der Waals surface area contributed by atoms with Crippen LogP contribution in [0.2, 0.25) is 0 Å².